The zero-order valence-corrected chi connectivity index (χ0v) is 12.8. The first kappa shape index (κ1) is 13.8. The van der Waals surface area contributed by atoms with Gasteiger partial charge < -0.3 is 4.74 Å². The Labute approximate surface area is 122 Å². The van der Waals surface area contributed by atoms with E-state index in [0.717, 1.165) is 24.8 Å². The van der Waals surface area contributed by atoms with Crippen LogP contribution in [0.2, 0.25) is 0 Å². The molecule has 0 bridgehead atoms. The van der Waals surface area contributed by atoms with E-state index < -0.39 is 10.0 Å². The number of nitrogens with zero attached hydrogens (tertiary/aromatic N) is 1. The minimum absolute atomic E-state index is 0.0142. The third-order valence-corrected chi connectivity index (χ3v) is 7.48. The summed E-state index contributed by atoms with van der Waals surface area (Å²) < 4.78 is 33.1. The van der Waals surface area contributed by atoms with Gasteiger partial charge in [-0.2, -0.15) is 4.31 Å². The SMILES string of the molecule is O=S(=O)(c1cc(CCl)cs1)N1CCOC2CCCC21. The van der Waals surface area contributed by atoms with E-state index in [-0.39, 0.29) is 12.1 Å². The lowest BCUT2D eigenvalue weighted by atomic mass is 10.2. The number of rotatable bonds is 3. The molecule has 1 aliphatic heterocycles. The average molecular weight is 322 g/mol. The molecule has 1 saturated carbocycles. The van der Waals surface area contributed by atoms with Crippen molar-refractivity contribution in [2.45, 2.75) is 41.5 Å². The van der Waals surface area contributed by atoms with Crippen molar-refractivity contribution < 1.29 is 13.2 Å². The maximum Gasteiger partial charge on any atom is 0.252 e. The number of alkyl halides is 1. The number of morpholine rings is 1. The summed E-state index contributed by atoms with van der Waals surface area (Å²) in [6.07, 6.45) is 2.99. The standard InChI is InChI=1S/C12H16ClNO3S2/c13-7-9-6-12(18-8-9)19(15,16)14-4-5-17-11-3-1-2-10(11)14/h6,8,10-11H,1-5,7H2. The summed E-state index contributed by atoms with van der Waals surface area (Å²) in [5.41, 5.74) is 0.862. The second-order valence-electron chi connectivity index (χ2n) is 4.93. The van der Waals surface area contributed by atoms with Gasteiger partial charge in [-0.05, 0) is 36.3 Å². The van der Waals surface area contributed by atoms with E-state index in [2.05, 4.69) is 0 Å². The molecule has 2 aliphatic rings. The lowest BCUT2D eigenvalue weighted by Crippen LogP contribution is -2.50. The predicted octanol–water partition coefficient (Wildman–Crippen LogP) is 2.43. The van der Waals surface area contributed by atoms with E-state index in [1.165, 1.54) is 11.3 Å². The Kier molecular flexibility index (Phi) is 3.88. The molecule has 1 aliphatic carbocycles. The van der Waals surface area contributed by atoms with Gasteiger partial charge in [0.1, 0.15) is 4.21 Å². The van der Waals surface area contributed by atoms with Crippen LogP contribution in [-0.4, -0.2) is 38.0 Å². The van der Waals surface area contributed by atoms with Gasteiger partial charge in [0.2, 0.25) is 0 Å². The lowest BCUT2D eigenvalue weighted by Gasteiger charge is -2.36. The maximum absolute atomic E-state index is 12.7. The Morgan fingerprint density at radius 1 is 1.47 bits per heavy atom. The number of thiophene rings is 1. The second-order valence-corrected chi connectivity index (χ2v) is 8.23. The molecule has 0 spiro atoms. The van der Waals surface area contributed by atoms with Crippen molar-refractivity contribution in [1.29, 1.82) is 0 Å². The quantitative estimate of drug-likeness (QED) is 0.803. The van der Waals surface area contributed by atoms with Crippen molar-refractivity contribution in [3.8, 4) is 0 Å². The Morgan fingerprint density at radius 3 is 3.05 bits per heavy atom. The maximum atomic E-state index is 12.7. The van der Waals surface area contributed by atoms with Crippen LogP contribution in [0.4, 0.5) is 0 Å². The highest BCUT2D eigenvalue weighted by atomic mass is 35.5. The van der Waals surface area contributed by atoms with Crippen molar-refractivity contribution in [3.63, 3.8) is 0 Å². The normalized spacial score (nSPS) is 28.5. The minimum atomic E-state index is -3.39. The number of ether oxygens (including phenoxy) is 1. The van der Waals surface area contributed by atoms with Crippen LogP contribution < -0.4 is 0 Å². The van der Waals surface area contributed by atoms with E-state index >= 15 is 0 Å². The molecule has 3 rings (SSSR count). The number of hydrogen-bond acceptors (Lipinski definition) is 4. The second kappa shape index (κ2) is 5.33. The molecule has 0 amide bonds. The highest BCUT2D eigenvalue weighted by molar-refractivity contribution is 7.91. The molecule has 2 heterocycles. The fourth-order valence-electron chi connectivity index (χ4n) is 2.86. The lowest BCUT2D eigenvalue weighted by molar-refractivity contribution is -0.0241. The van der Waals surface area contributed by atoms with Gasteiger partial charge in [0.05, 0.1) is 18.8 Å². The molecule has 2 atom stereocenters. The Hall–Kier alpha value is -0.140. The third kappa shape index (κ3) is 2.45. The van der Waals surface area contributed by atoms with Gasteiger partial charge in [-0.1, -0.05) is 0 Å². The first-order valence-electron chi connectivity index (χ1n) is 6.40. The van der Waals surface area contributed by atoms with Crippen molar-refractivity contribution in [2.24, 2.45) is 0 Å². The average Bonchev–Trinajstić information content (AvgIpc) is 3.06. The molecular formula is C12H16ClNO3S2. The van der Waals surface area contributed by atoms with Crippen LogP contribution in [-0.2, 0) is 20.6 Å². The van der Waals surface area contributed by atoms with E-state index in [4.69, 9.17) is 16.3 Å². The highest BCUT2D eigenvalue weighted by Gasteiger charge is 2.42. The van der Waals surface area contributed by atoms with Crippen LogP contribution in [0.5, 0.6) is 0 Å². The first-order valence-corrected chi connectivity index (χ1v) is 9.25. The van der Waals surface area contributed by atoms with Gasteiger partial charge in [0.15, 0.2) is 0 Å². The number of sulfonamides is 1. The molecule has 0 aromatic carbocycles. The molecule has 7 heteroatoms. The molecule has 2 fully saturated rings. The van der Waals surface area contributed by atoms with Gasteiger partial charge in [-0.25, -0.2) is 8.42 Å². The first-order chi connectivity index (χ1) is 9.13. The van der Waals surface area contributed by atoms with E-state index in [1.807, 2.05) is 5.38 Å². The van der Waals surface area contributed by atoms with Gasteiger partial charge in [-0.3, -0.25) is 0 Å². The number of hydrogen-bond donors (Lipinski definition) is 0. The van der Waals surface area contributed by atoms with Crippen molar-refractivity contribution in [2.75, 3.05) is 13.2 Å². The Bertz CT molecular complexity index is 557. The molecule has 1 aromatic rings. The van der Waals surface area contributed by atoms with Crippen LogP contribution in [0.3, 0.4) is 0 Å². The summed E-state index contributed by atoms with van der Waals surface area (Å²) in [5.74, 6) is 0.348. The Balaban J connectivity index is 1.90. The van der Waals surface area contributed by atoms with Gasteiger partial charge in [-0.15, -0.1) is 22.9 Å². The summed E-state index contributed by atoms with van der Waals surface area (Å²) in [5, 5.41) is 1.81. The van der Waals surface area contributed by atoms with Crippen molar-refractivity contribution in [3.05, 3.63) is 17.0 Å². The smallest absolute Gasteiger partial charge is 0.252 e. The van der Waals surface area contributed by atoms with E-state index in [1.54, 1.807) is 10.4 Å². The molecule has 19 heavy (non-hydrogen) atoms. The van der Waals surface area contributed by atoms with Crippen LogP contribution >= 0.6 is 22.9 Å². The molecule has 1 saturated heterocycles. The predicted molar refractivity (Wildman–Crippen MR) is 75.1 cm³/mol. The zero-order valence-electron chi connectivity index (χ0n) is 10.4. The molecule has 0 radical (unpaired) electrons. The molecule has 106 valence electrons. The van der Waals surface area contributed by atoms with Gasteiger partial charge >= 0.3 is 0 Å². The van der Waals surface area contributed by atoms with Gasteiger partial charge in [0, 0.05) is 12.4 Å². The zero-order chi connectivity index (χ0) is 13.5. The third-order valence-electron chi connectivity index (χ3n) is 3.78. The van der Waals surface area contributed by atoms with E-state index in [0.29, 0.717) is 23.2 Å². The largest absolute Gasteiger partial charge is 0.375 e. The van der Waals surface area contributed by atoms with Crippen LogP contribution in [0, 0.1) is 0 Å². The molecule has 4 nitrogen and oxygen atoms in total. The fourth-order valence-corrected chi connectivity index (χ4v) is 6.11. The fraction of sp³-hybridized carbons (Fsp3) is 0.667. The number of halogens is 1. The molecule has 1 aromatic heterocycles. The van der Waals surface area contributed by atoms with Crippen LogP contribution in [0.15, 0.2) is 15.7 Å². The summed E-state index contributed by atoms with van der Waals surface area (Å²) in [7, 11) is -3.39. The molecule has 0 N–H and O–H groups in total. The highest BCUT2D eigenvalue weighted by Crippen LogP contribution is 2.35. The van der Waals surface area contributed by atoms with Crippen LogP contribution in [0.25, 0.3) is 0 Å². The topological polar surface area (TPSA) is 46.6 Å². The number of fused-ring (bicyclic) bond motifs is 1. The van der Waals surface area contributed by atoms with E-state index in [9.17, 15) is 8.42 Å². The summed E-state index contributed by atoms with van der Waals surface area (Å²) in [6, 6.07) is 1.70. The molecule has 2 unspecified atom stereocenters. The monoisotopic (exact) mass is 321 g/mol. The minimum Gasteiger partial charge on any atom is -0.375 e. The van der Waals surface area contributed by atoms with Crippen molar-refractivity contribution >= 4 is 33.0 Å². The van der Waals surface area contributed by atoms with Crippen LogP contribution in [0.1, 0.15) is 24.8 Å². The molecular weight excluding hydrogens is 306 g/mol. The summed E-state index contributed by atoms with van der Waals surface area (Å²) >= 11 is 7.00. The van der Waals surface area contributed by atoms with Crippen molar-refractivity contribution in [1.82, 2.24) is 4.31 Å². The Morgan fingerprint density at radius 2 is 2.32 bits per heavy atom. The summed E-state index contributed by atoms with van der Waals surface area (Å²) in [6.45, 7) is 0.950. The van der Waals surface area contributed by atoms with Gasteiger partial charge in [0.25, 0.3) is 10.0 Å². The summed E-state index contributed by atoms with van der Waals surface area (Å²) in [4.78, 5) is 0.